The highest BCUT2D eigenvalue weighted by Gasteiger charge is 2.21. The number of hydrogen-bond donors (Lipinski definition) is 0. The van der Waals surface area contributed by atoms with Crippen molar-refractivity contribution >= 4 is 21.5 Å². The first kappa shape index (κ1) is 15.5. The molecule has 3 aromatic carbocycles. The predicted octanol–water partition coefficient (Wildman–Crippen LogP) is 5.86. The molecule has 1 nitrogen and oxygen atoms in total. The molecule has 4 aromatic rings. The zero-order valence-corrected chi connectivity index (χ0v) is 15.9. The molecule has 0 aliphatic heterocycles. The van der Waals surface area contributed by atoms with Gasteiger partial charge in [-0.1, -0.05) is 23.8 Å². The highest BCUT2D eigenvalue weighted by Crippen LogP contribution is 2.34. The Morgan fingerprint density at radius 2 is 1.62 bits per heavy atom. The van der Waals surface area contributed by atoms with Gasteiger partial charge >= 0.3 is 0 Å². The van der Waals surface area contributed by atoms with E-state index in [-0.39, 0.29) is 5.82 Å². The first-order valence-electron chi connectivity index (χ1n) is 9.39. The second-order valence-corrected chi connectivity index (χ2v) is 7.23. The van der Waals surface area contributed by atoms with Gasteiger partial charge in [0.05, 0.1) is 12.3 Å². The number of hydrogen-bond acceptors (Lipinski definition) is 0. The lowest BCUT2D eigenvalue weighted by Gasteiger charge is -2.14. The Morgan fingerprint density at radius 1 is 0.885 bits per heavy atom. The third-order valence-corrected chi connectivity index (χ3v) is 5.45. The standard InChI is InChI=1S/C24H23FN/c1-14-10-15(2)17(4)22(11-14)24-21-8-6-18-13-19(25)7-9-20(18)23(21)12-16(3)26(24)5/h6-13H,1-5H3/q+1/i12D. The van der Waals surface area contributed by atoms with Crippen LogP contribution in [0.3, 0.4) is 0 Å². The third kappa shape index (κ3) is 2.48. The van der Waals surface area contributed by atoms with E-state index in [1.165, 1.54) is 34.4 Å². The van der Waals surface area contributed by atoms with E-state index < -0.39 is 0 Å². The fourth-order valence-electron chi connectivity index (χ4n) is 3.86. The van der Waals surface area contributed by atoms with Crippen LogP contribution in [0.2, 0.25) is 0 Å². The first-order chi connectivity index (χ1) is 12.8. The lowest BCUT2D eigenvalue weighted by molar-refractivity contribution is -0.665. The summed E-state index contributed by atoms with van der Waals surface area (Å²) >= 11 is 0. The molecule has 0 spiro atoms. The smallest absolute Gasteiger partial charge is 0.207 e. The summed E-state index contributed by atoms with van der Waals surface area (Å²) in [6, 6.07) is 13.7. The summed E-state index contributed by atoms with van der Waals surface area (Å²) < 4.78 is 24.6. The average molecular weight is 345 g/mol. The van der Waals surface area contributed by atoms with Crippen LogP contribution in [-0.2, 0) is 7.05 Å². The zero-order valence-electron chi connectivity index (χ0n) is 16.9. The van der Waals surface area contributed by atoms with Crippen molar-refractivity contribution in [2.75, 3.05) is 0 Å². The quantitative estimate of drug-likeness (QED) is 0.301. The Labute approximate surface area is 155 Å². The average Bonchev–Trinajstić information content (AvgIpc) is 2.63. The van der Waals surface area contributed by atoms with Gasteiger partial charge in [-0.15, -0.1) is 0 Å². The van der Waals surface area contributed by atoms with Crippen LogP contribution in [0.1, 0.15) is 23.8 Å². The SMILES string of the molecule is [2H]c1c(C)[n+](C)c(-c2cc(C)cc(C)c2C)c2ccc3cc(F)ccc3c12. The van der Waals surface area contributed by atoms with Gasteiger partial charge in [-0.25, -0.2) is 4.39 Å². The van der Waals surface area contributed by atoms with E-state index in [9.17, 15) is 4.39 Å². The molecule has 4 rings (SSSR count). The Hall–Kier alpha value is -2.74. The molecule has 0 atom stereocenters. The van der Waals surface area contributed by atoms with Crippen molar-refractivity contribution in [3.8, 4) is 11.3 Å². The van der Waals surface area contributed by atoms with Crippen LogP contribution in [0.5, 0.6) is 0 Å². The monoisotopic (exact) mass is 345 g/mol. The summed E-state index contributed by atoms with van der Waals surface area (Å²) in [5.74, 6) is -0.253. The van der Waals surface area contributed by atoms with Gasteiger partial charge in [-0.2, -0.15) is 4.57 Å². The summed E-state index contributed by atoms with van der Waals surface area (Å²) in [6.07, 6.45) is 0. The molecule has 0 N–H and O–H groups in total. The van der Waals surface area contributed by atoms with Gasteiger partial charge in [0, 0.05) is 18.4 Å². The minimum Gasteiger partial charge on any atom is -0.207 e. The predicted molar refractivity (Wildman–Crippen MR) is 107 cm³/mol. The van der Waals surface area contributed by atoms with Gasteiger partial charge < -0.3 is 0 Å². The molecule has 0 aliphatic rings. The molecule has 0 unspecified atom stereocenters. The Balaban J connectivity index is 2.25. The zero-order chi connectivity index (χ0) is 19.5. The van der Waals surface area contributed by atoms with Crippen LogP contribution in [0.15, 0.2) is 48.5 Å². The molecule has 26 heavy (non-hydrogen) atoms. The Morgan fingerprint density at radius 3 is 2.38 bits per heavy atom. The van der Waals surface area contributed by atoms with Crippen molar-refractivity contribution in [2.24, 2.45) is 7.05 Å². The van der Waals surface area contributed by atoms with E-state index in [4.69, 9.17) is 1.37 Å². The first-order valence-corrected chi connectivity index (χ1v) is 8.89. The summed E-state index contributed by atoms with van der Waals surface area (Å²) in [7, 11) is 2.02. The molecular weight excluding hydrogens is 321 g/mol. The van der Waals surface area contributed by atoms with Gasteiger partial charge in [-0.3, -0.25) is 0 Å². The van der Waals surface area contributed by atoms with Crippen LogP contribution in [0.4, 0.5) is 4.39 Å². The van der Waals surface area contributed by atoms with Crippen LogP contribution in [-0.4, -0.2) is 0 Å². The molecule has 0 saturated heterocycles. The minimum absolute atomic E-state index is 0.253. The molecular formula is C24H23FN+. The third-order valence-electron chi connectivity index (χ3n) is 5.45. The van der Waals surface area contributed by atoms with E-state index in [1.54, 1.807) is 6.07 Å². The molecule has 1 aromatic heterocycles. The van der Waals surface area contributed by atoms with E-state index in [0.29, 0.717) is 6.04 Å². The summed E-state index contributed by atoms with van der Waals surface area (Å²) in [5, 5.41) is 3.66. The maximum absolute atomic E-state index is 13.7. The normalized spacial score (nSPS) is 12.0. The molecule has 0 fully saturated rings. The number of benzene rings is 3. The molecule has 0 bridgehead atoms. The number of aromatic nitrogens is 1. The van der Waals surface area contributed by atoms with Crippen LogP contribution in [0, 0.1) is 33.5 Å². The van der Waals surface area contributed by atoms with Crippen molar-refractivity contribution in [1.82, 2.24) is 0 Å². The minimum atomic E-state index is -0.253. The molecule has 0 aliphatic carbocycles. The van der Waals surface area contributed by atoms with E-state index >= 15 is 0 Å². The summed E-state index contributed by atoms with van der Waals surface area (Å²) in [4.78, 5) is 0. The van der Waals surface area contributed by atoms with E-state index in [1.807, 2.05) is 26.1 Å². The van der Waals surface area contributed by atoms with Gasteiger partial charge in [0.25, 0.3) is 0 Å². The van der Waals surface area contributed by atoms with Crippen molar-refractivity contribution in [3.63, 3.8) is 0 Å². The van der Waals surface area contributed by atoms with E-state index in [2.05, 4.69) is 37.5 Å². The van der Waals surface area contributed by atoms with Crippen LogP contribution < -0.4 is 4.57 Å². The second-order valence-electron chi connectivity index (χ2n) is 7.23. The number of rotatable bonds is 1. The molecule has 0 amide bonds. The van der Waals surface area contributed by atoms with Crippen molar-refractivity contribution in [1.29, 1.82) is 0 Å². The van der Waals surface area contributed by atoms with Crippen molar-refractivity contribution < 1.29 is 10.3 Å². The lowest BCUT2D eigenvalue weighted by atomic mass is 9.92. The molecule has 2 heteroatoms. The highest BCUT2D eigenvalue weighted by atomic mass is 19.1. The lowest BCUT2D eigenvalue weighted by Crippen LogP contribution is -2.35. The maximum Gasteiger partial charge on any atom is 0.220 e. The highest BCUT2D eigenvalue weighted by molar-refractivity contribution is 6.10. The molecule has 0 saturated carbocycles. The number of nitrogens with zero attached hydrogens (tertiary/aromatic N) is 1. The van der Waals surface area contributed by atoms with Gasteiger partial charge in [0.15, 0.2) is 5.69 Å². The van der Waals surface area contributed by atoms with Gasteiger partial charge in [0.2, 0.25) is 5.69 Å². The van der Waals surface area contributed by atoms with Crippen LogP contribution >= 0.6 is 0 Å². The summed E-state index contributed by atoms with van der Waals surface area (Å²) in [6.45, 7) is 8.38. The molecule has 1 heterocycles. The summed E-state index contributed by atoms with van der Waals surface area (Å²) in [5.41, 5.74) is 6.91. The fraction of sp³-hybridized carbons (Fsp3) is 0.208. The van der Waals surface area contributed by atoms with Gasteiger partial charge in [-0.05, 0) is 66.9 Å². The van der Waals surface area contributed by atoms with Gasteiger partial charge in [0.1, 0.15) is 12.9 Å². The maximum atomic E-state index is 13.7. The largest absolute Gasteiger partial charge is 0.220 e. The van der Waals surface area contributed by atoms with E-state index in [0.717, 1.165) is 32.9 Å². The number of fused-ring (bicyclic) bond motifs is 3. The van der Waals surface area contributed by atoms with Crippen molar-refractivity contribution in [3.05, 3.63) is 76.7 Å². The topological polar surface area (TPSA) is 3.88 Å². The Kier molecular flexibility index (Phi) is 3.53. The Bertz CT molecular complexity index is 1240. The second kappa shape index (κ2) is 5.91. The number of halogens is 1. The van der Waals surface area contributed by atoms with Crippen LogP contribution in [0.25, 0.3) is 32.8 Å². The fourth-order valence-corrected chi connectivity index (χ4v) is 3.86. The molecule has 0 radical (unpaired) electrons. The molecule has 130 valence electrons. The number of aryl methyl sites for hydroxylation is 2. The van der Waals surface area contributed by atoms with Crippen molar-refractivity contribution in [2.45, 2.75) is 27.7 Å². The number of pyridine rings is 1.